The van der Waals surface area contributed by atoms with Gasteiger partial charge in [-0.15, -0.1) is 0 Å². The highest BCUT2D eigenvalue weighted by Crippen LogP contribution is 2.49. The second-order valence-electron chi connectivity index (χ2n) is 4.07. The molecule has 0 bridgehead atoms. The molecule has 0 fully saturated rings. The Balaban J connectivity index is 0.000000816. The molecule has 0 saturated heterocycles. The summed E-state index contributed by atoms with van der Waals surface area (Å²) in [4.78, 5) is 0. The molecular formula is C16H16Cl2IO2PS. The molecule has 23 heavy (non-hydrogen) atoms. The van der Waals surface area contributed by atoms with Crippen LogP contribution in [0, 0.1) is 0 Å². The van der Waals surface area contributed by atoms with E-state index in [1.54, 1.807) is 22.3 Å². The van der Waals surface area contributed by atoms with Gasteiger partial charge in [-0.2, -0.15) is 0 Å². The summed E-state index contributed by atoms with van der Waals surface area (Å²) in [5.74, 6) is 0.483. The number of benzene rings is 2. The molecule has 0 amide bonds. The maximum atomic E-state index is 6.13. The van der Waals surface area contributed by atoms with E-state index in [1.165, 1.54) is 0 Å². The highest BCUT2D eigenvalue weighted by atomic mass is 127. The first-order valence-corrected chi connectivity index (χ1v) is 11.3. The summed E-state index contributed by atoms with van der Waals surface area (Å²) in [6, 6.07) is 14.6. The monoisotopic (exact) mass is 500 g/mol. The maximum Gasteiger partial charge on any atom is 0.269 e. The third-order valence-electron chi connectivity index (χ3n) is 2.48. The molecule has 1 unspecified atom stereocenters. The van der Waals surface area contributed by atoms with Gasteiger partial charge in [-0.3, -0.25) is 0 Å². The molecule has 0 N–H and O–H groups in total. The van der Waals surface area contributed by atoms with E-state index < -0.39 is 6.49 Å². The first-order chi connectivity index (χ1) is 11.0. The second-order valence-corrected chi connectivity index (χ2v) is 9.19. The fraction of sp³-hybridized carbons (Fsp3) is 0.125. The van der Waals surface area contributed by atoms with Crippen molar-refractivity contribution < 1.29 is 9.05 Å². The summed E-state index contributed by atoms with van der Waals surface area (Å²) in [6.07, 6.45) is 0. The van der Waals surface area contributed by atoms with Crippen molar-refractivity contribution in [3.63, 3.8) is 0 Å². The van der Waals surface area contributed by atoms with Crippen molar-refractivity contribution in [2.45, 2.75) is 6.92 Å². The van der Waals surface area contributed by atoms with Crippen LogP contribution < -0.4 is 9.83 Å². The zero-order valence-corrected chi connectivity index (χ0v) is 17.8. The first-order valence-electron chi connectivity index (χ1n) is 6.62. The second kappa shape index (κ2) is 10.7. The van der Waals surface area contributed by atoms with Crippen LogP contribution in [-0.2, 0) is 16.3 Å². The Morgan fingerprint density at radius 3 is 2.35 bits per heavy atom. The highest BCUT2D eigenvalue weighted by Gasteiger charge is 2.24. The van der Waals surface area contributed by atoms with Crippen LogP contribution in [0.3, 0.4) is 0 Å². The van der Waals surface area contributed by atoms with Gasteiger partial charge in [0.25, 0.3) is 6.49 Å². The van der Waals surface area contributed by atoms with Gasteiger partial charge in [-0.1, -0.05) is 70.6 Å². The van der Waals surface area contributed by atoms with E-state index in [4.69, 9.17) is 44.1 Å². The summed E-state index contributed by atoms with van der Waals surface area (Å²) in [6.45, 7) is 3.07. The van der Waals surface area contributed by atoms with Crippen LogP contribution >= 0.6 is 52.3 Å². The number of hydrogen-bond donors (Lipinski definition) is 0. The molecule has 124 valence electrons. The van der Waals surface area contributed by atoms with Crippen LogP contribution in [0.5, 0.6) is 5.75 Å². The summed E-state index contributed by atoms with van der Waals surface area (Å²) in [7, 11) is 0. The van der Waals surface area contributed by atoms with Crippen molar-refractivity contribution in [3.8, 4) is 5.75 Å². The van der Waals surface area contributed by atoms with E-state index in [0.717, 1.165) is 5.30 Å². The molecule has 0 saturated carbocycles. The van der Waals surface area contributed by atoms with Crippen LogP contribution in [0.15, 0.2) is 59.2 Å². The van der Waals surface area contributed by atoms with Gasteiger partial charge >= 0.3 is 0 Å². The largest absolute Gasteiger partial charge is 0.439 e. The van der Waals surface area contributed by atoms with E-state index >= 15 is 0 Å². The molecular weight excluding hydrogens is 485 g/mol. The zero-order valence-electron chi connectivity index (χ0n) is 12.4. The molecule has 0 aromatic heterocycles. The third kappa shape index (κ3) is 6.73. The number of halogens is 3. The molecule has 2 nitrogen and oxygen atoms in total. The lowest BCUT2D eigenvalue weighted by atomic mass is 10.3. The van der Waals surface area contributed by atoms with Crippen molar-refractivity contribution >= 4 is 69.4 Å². The first kappa shape index (κ1) is 20.9. The lowest BCUT2D eigenvalue weighted by Crippen LogP contribution is -2.12. The summed E-state index contributed by atoms with van der Waals surface area (Å²) < 4.78 is 13.4. The van der Waals surface area contributed by atoms with Crippen LogP contribution in [0.2, 0.25) is 10.0 Å². The Morgan fingerprint density at radius 2 is 1.83 bits per heavy atom. The molecule has 7 heteroatoms. The maximum absolute atomic E-state index is 6.13. The molecule has 0 radical (unpaired) electrons. The van der Waals surface area contributed by atoms with Gasteiger partial charge < -0.3 is 9.05 Å². The fourth-order valence-electron chi connectivity index (χ4n) is 1.61. The van der Waals surface area contributed by atoms with Crippen LogP contribution in [0.1, 0.15) is 6.92 Å². The van der Waals surface area contributed by atoms with E-state index in [9.17, 15) is 0 Å². The molecule has 2 aromatic rings. The van der Waals surface area contributed by atoms with Gasteiger partial charge in [-0.05, 0) is 53.1 Å². The Hall–Kier alpha value is -0.1000. The van der Waals surface area contributed by atoms with E-state index in [2.05, 4.69) is 29.2 Å². The van der Waals surface area contributed by atoms with Crippen LogP contribution in [-0.4, -0.2) is 6.61 Å². The Kier molecular flexibility index (Phi) is 9.74. The average Bonchev–Trinajstić information content (AvgIpc) is 2.52. The lowest BCUT2D eigenvalue weighted by molar-refractivity contribution is 0.339. The van der Waals surface area contributed by atoms with Crippen LogP contribution in [0.4, 0.5) is 0 Å². The minimum absolute atomic E-state index is 0.419. The van der Waals surface area contributed by atoms with Crippen molar-refractivity contribution in [3.05, 3.63) is 69.2 Å². The molecule has 0 spiro atoms. The van der Waals surface area contributed by atoms with Gasteiger partial charge in [0.05, 0.1) is 11.6 Å². The van der Waals surface area contributed by atoms with Crippen molar-refractivity contribution in [1.29, 1.82) is 0 Å². The SMILES string of the molecule is C=CI.CCOP(=S)(Oc1ccc(Cl)cc1Cl)c1ccccc1. The average molecular weight is 501 g/mol. The molecule has 0 aliphatic heterocycles. The minimum atomic E-state index is -2.63. The normalized spacial score (nSPS) is 12.5. The smallest absolute Gasteiger partial charge is 0.269 e. The minimum Gasteiger partial charge on any atom is -0.439 e. The van der Waals surface area contributed by atoms with Crippen LogP contribution in [0.25, 0.3) is 0 Å². The molecule has 2 aromatic carbocycles. The van der Waals surface area contributed by atoms with E-state index in [1.807, 2.05) is 37.3 Å². The highest BCUT2D eigenvalue weighted by molar-refractivity contribution is 14.1. The third-order valence-corrected chi connectivity index (χ3v) is 6.15. The van der Waals surface area contributed by atoms with Gasteiger partial charge in [0, 0.05) is 10.3 Å². The molecule has 1 atom stereocenters. The van der Waals surface area contributed by atoms with Gasteiger partial charge in [0.15, 0.2) is 0 Å². The van der Waals surface area contributed by atoms with Crippen molar-refractivity contribution in [2.75, 3.05) is 6.61 Å². The molecule has 0 heterocycles. The molecule has 0 aliphatic rings. The fourth-order valence-corrected chi connectivity index (χ4v) is 4.64. The predicted octanol–water partition coefficient (Wildman–Crippen LogP) is 6.61. The van der Waals surface area contributed by atoms with Crippen molar-refractivity contribution in [2.24, 2.45) is 0 Å². The van der Waals surface area contributed by atoms with Crippen molar-refractivity contribution in [1.82, 2.24) is 0 Å². The van der Waals surface area contributed by atoms with Gasteiger partial charge in [0.2, 0.25) is 0 Å². The Bertz CT molecular complexity index is 683. The zero-order chi connectivity index (χ0) is 17.3. The van der Waals surface area contributed by atoms with Gasteiger partial charge in [0.1, 0.15) is 5.75 Å². The summed E-state index contributed by atoms with van der Waals surface area (Å²) >= 11 is 19.7. The Labute approximate surface area is 166 Å². The van der Waals surface area contributed by atoms with E-state index in [0.29, 0.717) is 22.4 Å². The standard InChI is InChI=1S/C14H13Cl2O2PS.C2H3I/c1-2-17-19(20,12-6-4-3-5-7-12)18-14-9-8-11(15)10-13(14)16;1-2-3/h3-10H,2H2,1H3;2H,1H2. The van der Waals surface area contributed by atoms with Gasteiger partial charge in [-0.25, -0.2) is 0 Å². The topological polar surface area (TPSA) is 18.5 Å². The lowest BCUT2D eigenvalue weighted by Gasteiger charge is -2.23. The Morgan fingerprint density at radius 1 is 1.22 bits per heavy atom. The molecule has 2 rings (SSSR count). The summed E-state index contributed by atoms with van der Waals surface area (Å²) in [5.41, 5.74) is 0. The van der Waals surface area contributed by atoms with E-state index in [-0.39, 0.29) is 0 Å². The predicted molar refractivity (Wildman–Crippen MR) is 113 cm³/mol. The quantitative estimate of drug-likeness (QED) is 0.340. The molecule has 0 aliphatic carbocycles. The number of rotatable bonds is 5. The number of hydrogen-bond acceptors (Lipinski definition) is 3. The summed E-state index contributed by atoms with van der Waals surface area (Å²) in [5, 5.41) is 1.82.